The second kappa shape index (κ2) is 5.14. The zero-order valence-electron chi connectivity index (χ0n) is 6.11. The molecule has 1 unspecified atom stereocenters. The number of rotatable bonds is 4. The summed E-state index contributed by atoms with van der Waals surface area (Å²) in [6.07, 6.45) is 5.36. The highest BCUT2D eigenvalue weighted by molar-refractivity contribution is 4.52. The van der Waals surface area contributed by atoms with Gasteiger partial charge in [-0.15, -0.1) is 0 Å². The Labute approximate surface area is 53.3 Å². The molecule has 1 atom stereocenters. The van der Waals surface area contributed by atoms with Gasteiger partial charge < -0.3 is 0 Å². The average Bonchev–Trinajstić information content (AvgIpc) is 1.66. The van der Waals surface area contributed by atoms with Gasteiger partial charge >= 0.3 is 0 Å². The fraction of sp³-hybridized carbons (Fsp3) is 0.875. The Morgan fingerprint density at radius 3 is 2.38 bits per heavy atom. The Balaban J connectivity index is 2.72. The molecule has 0 saturated carbocycles. The Morgan fingerprint density at radius 2 is 2.00 bits per heavy atom. The van der Waals surface area contributed by atoms with E-state index in [0.717, 1.165) is 0 Å². The molecular weight excluding hydrogens is 96.1 g/mol. The SMILES string of the molecule is [CH2]C(C)CCCCC. The van der Waals surface area contributed by atoms with Crippen molar-refractivity contribution in [2.75, 3.05) is 0 Å². The van der Waals surface area contributed by atoms with Gasteiger partial charge in [0.1, 0.15) is 0 Å². The third-order valence-electron chi connectivity index (χ3n) is 1.30. The molecule has 0 heterocycles. The van der Waals surface area contributed by atoms with E-state index in [1.54, 1.807) is 0 Å². The second-order valence-electron chi connectivity index (χ2n) is 2.60. The molecule has 0 aromatic rings. The summed E-state index contributed by atoms with van der Waals surface area (Å²) in [7, 11) is 0. The van der Waals surface area contributed by atoms with Crippen LogP contribution < -0.4 is 0 Å². The molecule has 8 heavy (non-hydrogen) atoms. The lowest BCUT2D eigenvalue weighted by Gasteiger charge is -2.00. The molecule has 0 aromatic carbocycles. The van der Waals surface area contributed by atoms with Crippen LogP contribution in [0.4, 0.5) is 0 Å². The average molecular weight is 113 g/mol. The second-order valence-corrected chi connectivity index (χ2v) is 2.60. The van der Waals surface area contributed by atoms with Crippen molar-refractivity contribution in [2.45, 2.75) is 39.5 Å². The van der Waals surface area contributed by atoms with E-state index in [1.165, 1.54) is 25.7 Å². The molecule has 0 aromatic heterocycles. The molecule has 0 amide bonds. The quantitative estimate of drug-likeness (QED) is 0.491. The minimum atomic E-state index is 0.654. The van der Waals surface area contributed by atoms with Crippen LogP contribution in [0.1, 0.15) is 39.5 Å². The molecule has 0 rings (SSSR count). The molecule has 0 heteroatoms. The first-order chi connectivity index (χ1) is 3.77. The van der Waals surface area contributed by atoms with E-state index in [0.29, 0.717) is 5.92 Å². The monoisotopic (exact) mass is 113 g/mol. The van der Waals surface area contributed by atoms with Crippen molar-refractivity contribution in [1.29, 1.82) is 0 Å². The summed E-state index contributed by atoms with van der Waals surface area (Å²) in [6.45, 7) is 8.32. The lowest BCUT2D eigenvalue weighted by Crippen LogP contribution is -1.85. The molecule has 0 nitrogen and oxygen atoms in total. The standard InChI is InChI=1S/C8H17/c1-4-5-6-7-8(2)3/h8H,2,4-7H2,1,3H3. The number of hydrogen-bond donors (Lipinski definition) is 0. The normalized spacial score (nSPS) is 10.5. The summed E-state index contributed by atoms with van der Waals surface area (Å²) in [6, 6.07) is 0. The van der Waals surface area contributed by atoms with Gasteiger partial charge in [-0.2, -0.15) is 0 Å². The highest BCUT2D eigenvalue weighted by atomic mass is 14.0. The van der Waals surface area contributed by atoms with E-state index in [9.17, 15) is 0 Å². The van der Waals surface area contributed by atoms with Gasteiger partial charge in [-0.25, -0.2) is 0 Å². The predicted octanol–water partition coefficient (Wildman–Crippen LogP) is 3.04. The van der Waals surface area contributed by atoms with E-state index in [1.807, 2.05) is 0 Å². The van der Waals surface area contributed by atoms with Crippen molar-refractivity contribution in [1.82, 2.24) is 0 Å². The third kappa shape index (κ3) is 6.00. The van der Waals surface area contributed by atoms with Crippen LogP contribution in [0.3, 0.4) is 0 Å². The van der Waals surface area contributed by atoms with E-state index in [2.05, 4.69) is 20.8 Å². The summed E-state index contributed by atoms with van der Waals surface area (Å²) in [4.78, 5) is 0. The molecule has 0 aliphatic heterocycles. The van der Waals surface area contributed by atoms with Gasteiger partial charge in [0.2, 0.25) is 0 Å². The van der Waals surface area contributed by atoms with E-state index >= 15 is 0 Å². The predicted molar refractivity (Wildman–Crippen MR) is 38.7 cm³/mol. The highest BCUT2D eigenvalue weighted by Gasteiger charge is 1.90. The van der Waals surface area contributed by atoms with Gasteiger partial charge in [-0.1, -0.05) is 46.5 Å². The van der Waals surface area contributed by atoms with Gasteiger partial charge in [0.25, 0.3) is 0 Å². The lowest BCUT2D eigenvalue weighted by molar-refractivity contribution is 0.573. The van der Waals surface area contributed by atoms with Crippen molar-refractivity contribution in [3.63, 3.8) is 0 Å². The fourth-order valence-corrected chi connectivity index (χ4v) is 0.743. The van der Waals surface area contributed by atoms with E-state index < -0.39 is 0 Å². The summed E-state index contributed by atoms with van der Waals surface area (Å²) in [5.41, 5.74) is 0. The first kappa shape index (κ1) is 8.00. The Hall–Kier alpha value is 0. The van der Waals surface area contributed by atoms with Crippen LogP contribution in [0.25, 0.3) is 0 Å². The summed E-state index contributed by atoms with van der Waals surface area (Å²) >= 11 is 0. The third-order valence-corrected chi connectivity index (χ3v) is 1.30. The number of hydrogen-bond acceptors (Lipinski definition) is 0. The molecular formula is C8H17. The summed E-state index contributed by atoms with van der Waals surface area (Å²) in [5.74, 6) is 0.654. The Bertz CT molecular complexity index is 37.3. The maximum atomic E-state index is 3.91. The van der Waals surface area contributed by atoms with E-state index in [-0.39, 0.29) is 0 Å². The maximum Gasteiger partial charge on any atom is -0.0443 e. The first-order valence-corrected chi connectivity index (χ1v) is 3.60. The topological polar surface area (TPSA) is 0 Å². The smallest absolute Gasteiger partial charge is 0.0443 e. The van der Waals surface area contributed by atoms with Gasteiger partial charge in [0, 0.05) is 0 Å². The molecule has 0 aliphatic carbocycles. The van der Waals surface area contributed by atoms with Crippen LogP contribution in [0.15, 0.2) is 0 Å². The Kier molecular flexibility index (Phi) is 5.14. The zero-order valence-corrected chi connectivity index (χ0v) is 6.11. The zero-order chi connectivity index (χ0) is 6.41. The molecule has 0 bridgehead atoms. The van der Waals surface area contributed by atoms with Crippen molar-refractivity contribution in [3.05, 3.63) is 6.92 Å². The highest BCUT2D eigenvalue weighted by Crippen LogP contribution is 2.06. The Morgan fingerprint density at radius 1 is 1.38 bits per heavy atom. The van der Waals surface area contributed by atoms with Crippen molar-refractivity contribution in [2.24, 2.45) is 5.92 Å². The van der Waals surface area contributed by atoms with Gasteiger partial charge in [0.15, 0.2) is 0 Å². The molecule has 0 fully saturated rings. The van der Waals surface area contributed by atoms with E-state index in [4.69, 9.17) is 0 Å². The van der Waals surface area contributed by atoms with Crippen LogP contribution in [0.2, 0.25) is 0 Å². The van der Waals surface area contributed by atoms with Gasteiger partial charge in [-0.3, -0.25) is 0 Å². The molecule has 0 spiro atoms. The minimum absolute atomic E-state index is 0.654. The van der Waals surface area contributed by atoms with Crippen LogP contribution >= 0.6 is 0 Å². The molecule has 49 valence electrons. The molecule has 0 aliphatic rings. The van der Waals surface area contributed by atoms with Crippen molar-refractivity contribution >= 4 is 0 Å². The molecule has 0 N–H and O–H groups in total. The van der Waals surface area contributed by atoms with Crippen LogP contribution in [-0.2, 0) is 0 Å². The first-order valence-electron chi connectivity index (χ1n) is 3.60. The van der Waals surface area contributed by atoms with Gasteiger partial charge in [-0.05, 0) is 5.92 Å². The summed E-state index contributed by atoms with van der Waals surface area (Å²) < 4.78 is 0. The summed E-state index contributed by atoms with van der Waals surface area (Å²) in [5, 5.41) is 0. The van der Waals surface area contributed by atoms with Crippen LogP contribution in [0, 0.1) is 12.8 Å². The van der Waals surface area contributed by atoms with Crippen molar-refractivity contribution < 1.29 is 0 Å². The lowest BCUT2D eigenvalue weighted by atomic mass is 10.1. The van der Waals surface area contributed by atoms with Crippen molar-refractivity contribution in [3.8, 4) is 0 Å². The minimum Gasteiger partial charge on any atom is -0.0654 e. The van der Waals surface area contributed by atoms with Gasteiger partial charge in [0.05, 0.1) is 0 Å². The maximum absolute atomic E-state index is 3.91. The molecule has 0 saturated heterocycles. The van der Waals surface area contributed by atoms with Crippen LogP contribution in [-0.4, -0.2) is 0 Å². The number of unbranched alkanes of at least 4 members (excludes halogenated alkanes) is 2. The molecule has 1 radical (unpaired) electrons. The fourth-order valence-electron chi connectivity index (χ4n) is 0.743. The largest absolute Gasteiger partial charge is 0.0654 e. The van der Waals surface area contributed by atoms with Crippen LogP contribution in [0.5, 0.6) is 0 Å².